The molecule has 9 rings (SSSR count). The molecule has 208 valence electrons. The number of fused-ring (bicyclic) bond motifs is 6. The number of nitrogens with zero attached hydrogens (tertiary/aromatic N) is 2. The van der Waals surface area contributed by atoms with Crippen molar-refractivity contribution in [3.8, 4) is 33.8 Å². The van der Waals surface area contributed by atoms with E-state index in [0.29, 0.717) is 5.89 Å². The molecule has 1 N–H and O–H groups in total. The zero-order valence-corrected chi connectivity index (χ0v) is 24.4. The quantitative estimate of drug-likeness (QED) is 0.209. The number of hydrogen-bond donors (Lipinski definition) is 1. The first-order valence-electron chi connectivity index (χ1n) is 14.7. The van der Waals surface area contributed by atoms with Gasteiger partial charge in [0.25, 0.3) is 0 Å². The molecule has 0 aliphatic carbocycles. The van der Waals surface area contributed by atoms with E-state index < -0.39 is 0 Å². The Hall–Kier alpha value is -5.39. The third kappa shape index (κ3) is 4.16. The van der Waals surface area contributed by atoms with Gasteiger partial charge in [0.2, 0.25) is 5.89 Å². The molecule has 8 aromatic rings. The Bertz CT molecular complexity index is 2300. The van der Waals surface area contributed by atoms with Crippen LogP contribution >= 0.6 is 11.8 Å². The second-order valence-electron chi connectivity index (χ2n) is 11.0. The molecule has 6 aromatic carbocycles. The number of para-hydroxylation sites is 2. The minimum atomic E-state index is 0.232. The number of nitrogens with one attached hydrogen (secondary N) is 1. The summed E-state index contributed by atoms with van der Waals surface area (Å²) in [4.78, 5) is 11.4. The van der Waals surface area contributed by atoms with Gasteiger partial charge in [0, 0.05) is 37.9 Å². The van der Waals surface area contributed by atoms with E-state index in [9.17, 15) is 0 Å². The summed E-state index contributed by atoms with van der Waals surface area (Å²) < 4.78 is 6.24. The first-order chi connectivity index (χ1) is 21.8. The Balaban J connectivity index is 1.09. The van der Waals surface area contributed by atoms with Gasteiger partial charge in [-0.3, -0.25) is 0 Å². The van der Waals surface area contributed by atoms with Crippen LogP contribution in [0.1, 0.15) is 10.9 Å². The van der Waals surface area contributed by atoms with Crippen molar-refractivity contribution < 1.29 is 4.42 Å². The van der Waals surface area contributed by atoms with Crippen LogP contribution in [0.25, 0.3) is 66.6 Å². The fourth-order valence-corrected chi connectivity index (χ4v) is 7.30. The van der Waals surface area contributed by atoms with Crippen LogP contribution in [0, 0.1) is 0 Å². The highest BCUT2D eigenvalue weighted by Gasteiger charge is 2.22. The summed E-state index contributed by atoms with van der Waals surface area (Å²) in [5, 5.41) is 7.05. The lowest BCUT2D eigenvalue weighted by atomic mass is 9.97. The van der Waals surface area contributed by atoms with E-state index in [-0.39, 0.29) is 5.37 Å². The maximum atomic E-state index is 6.24. The van der Waals surface area contributed by atoms with Crippen molar-refractivity contribution in [2.75, 3.05) is 5.32 Å². The van der Waals surface area contributed by atoms with Crippen molar-refractivity contribution in [2.24, 2.45) is 0 Å². The van der Waals surface area contributed by atoms with Crippen LogP contribution in [-0.4, -0.2) is 9.97 Å². The van der Waals surface area contributed by atoms with Gasteiger partial charge in [-0.2, -0.15) is 0 Å². The largest absolute Gasteiger partial charge is 0.436 e. The molecular formula is C39H25N3OS. The van der Waals surface area contributed by atoms with Crippen LogP contribution in [-0.2, 0) is 0 Å². The Morgan fingerprint density at radius 3 is 2.09 bits per heavy atom. The Morgan fingerprint density at radius 1 is 0.568 bits per heavy atom. The number of benzene rings is 6. The Kier molecular flexibility index (Phi) is 5.78. The lowest BCUT2D eigenvalue weighted by molar-refractivity contribution is 0.620. The zero-order valence-electron chi connectivity index (χ0n) is 23.6. The molecule has 0 spiro atoms. The second kappa shape index (κ2) is 10.1. The van der Waals surface area contributed by atoms with E-state index in [1.807, 2.05) is 54.2 Å². The van der Waals surface area contributed by atoms with Crippen molar-refractivity contribution in [3.05, 3.63) is 145 Å². The van der Waals surface area contributed by atoms with Crippen molar-refractivity contribution in [2.45, 2.75) is 10.3 Å². The highest BCUT2D eigenvalue weighted by atomic mass is 32.2. The third-order valence-electron chi connectivity index (χ3n) is 8.37. The van der Waals surface area contributed by atoms with Gasteiger partial charge in [-0.15, -0.1) is 0 Å². The Morgan fingerprint density at radius 2 is 1.27 bits per heavy atom. The molecule has 0 saturated carbocycles. The lowest BCUT2D eigenvalue weighted by Gasteiger charge is -2.13. The SMILES string of the molecule is c1ccc(-c2nc3c(ccc4c(-c5ccc(-c6ccc(C7Nc8ccccc8S7)cc6)cc5)nc5ccccc5c43)o2)cc1. The fraction of sp³-hybridized carbons (Fsp3) is 0.0256. The highest BCUT2D eigenvalue weighted by Crippen LogP contribution is 2.46. The van der Waals surface area contributed by atoms with E-state index in [2.05, 4.69) is 102 Å². The zero-order chi connectivity index (χ0) is 29.0. The topological polar surface area (TPSA) is 51.0 Å². The Labute approximate surface area is 258 Å². The number of thioether (sulfide) groups is 1. The van der Waals surface area contributed by atoms with Gasteiger partial charge in [-0.25, -0.2) is 9.97 Å². The van der Waals surface area contributed by atoms with Gasteiger partial charge in [0.1, 0.15) is 10.9 Å². The third-order valence-corrected chi connectivity index (χ3v) is 9.60. The molecule has 0 saturated heterocycles. The van der Waals surface area contributed by atoms with Crippen molar-refractivity contribution in [1.29, 1.82) is 0 Å². The summed E-state index contributed by atoms with van der Waals surface area (Å²) in [5.74, 6) is 0.623. The lowest BCUT2D eigenvalue weighted by Crippen LogP contribution is -2.00. The summed E-state index contributed by atoms with van der Waals surface area (Å²) >= 11 is 1.86. The standard InChI is InChI=1S/C39H25N3OS/c1-2-8-27(9-3-1)38-42-37-33(43-38)23-22-30-35(37)29-10-4-5-11-31(29)40-36(30)26-18-14-24(15-19-26)25-16-20-28(21-17-25)39-41-32-12-6-7-13-34(32)44-39/h1-23,39,41H. The van der Waals surface area contributed by atoms with Gasteiger partial charge in [-0.05, 0) is 59.2 Å². The average molecular weight is 584 g/mol. The van der Waals surface area contributed by atoms with Gasteiger partial charge in [0.05, 0.1) is 11.2 Å². The summed E-state index contributed by atoms with van der Waals surface area (Å²) in [6.45, 7) is 0. The van der Waals surface area contributed by atoms with Crippen LogP contribution in [0.15, 0.2) is 149 Å². The summed E-state index contributed by atoms with van der Waals surface area (Å²) in [6.07, 6.45) is 0. The number of hydrogen-bond acceptors (Lipinski definition) is 5. The molecule has 0 bridgehead atoms. The number of oxazole rings is 1. The maximum absolute atomic E-state index is 6.24. The number of pyridine rings is 1. The molecule has 1 unspecified atom stereocenters. The fourth-order valence-electron chi connectivity index (χ4n) is 6.16. The summed E-state index contributed by atoms with van der Waals surface area (Å²) in [6, 6.07) is 48.6. The highest BCUT2D eigenvalue weighted by molar-refractivity contribution is 8.00. The van der Waals surface area contributed by atoms with E-state index in [1.54, 1.807) is 0 Å². The van der Waals surface area contributed by atoms with Crippen LogP contribution in [0.4, 0.5) is 5.69 Å². The molecule has 4 nitrogen and oxygen atoms in total. The van der Waals surface area contributed by atoms with E-state index in [4.69, 9.17) is 14.4 Å². The average Bonchev–Trinajstić information content (AvgIpc) is 3.74. The molecule has 1 aliphatic rings. The molecule has 5 heteroatoms. The second-order valence-corrected chi connectivity index (χ2v) is 12.2. The predicted octanol–water partition coefficient (Wildman–Crippen LogP) is 10.7. The van der Waals surface area contributed by atoms with Crippen LogP contribution in [0.2, 0.25) is 0 Å². The maximum Gasteiger partial charge on any atom is 0.227 e. The van der Waals surface area contributed by atoms with Gasteiger partial charge in [0.15, 0.2) is 5.58 Å². The van der Waals surface area contributed by atoms with Crippen molar-refractivity contribution in [1.82, 2.24) is 9.97 Å². The van der Waals surface area contributed by atoms with Crippen LogP contribution in [0.3, 0.4) is 0 Å². The van der Waals surface area contributed by atoms with Gasteiger partial charge in [-0.1, -0.05) is 109 Å². The first kappa shape index (κ1) is 25.1. The molecule has 2 aromatic heterocycles. The van der Waals surface area contributed by atoms with Gasteiger partial charge < -0.3 is 9.73 Å². The number of anilines is 1. The molecule has 1 aliphatic heterocycles. The summed E-state index contributed by atoms with van der Waals surface area (Å²) in [5.41, 5.74) is 10.4. The molecule has 0 amide bonds. The van der Waals surface area contributed by atoms with Gasteiger partial charge >= 0.3 is 0 Å². The first-order valence-corrected chi connectivity index (χ1v) is 15.6. The van der Waals surface area contributed by atoms with Crippen molar-refractivity contribution in [3.63, 3.8) is 0 Å². The monoisotopic (exact) mass is 583 g/mol. The number of aromatic nitrogens is 2. The molecule has 0 radical (unpaired) electrons. The van der Waals surface area contributed by atoms with E-state index in [1.165, 1.54) is 27.3 Å². The van der Waals surface area contributed by atoms with E-state index in [0.717, 1.165) is 49.6 Å². The van der Waals surface area contributed by atoms with Crippen molar-refractivity contribution >= 4 is 50.2 Å². The molecule has 0 fully saturated rings. The molecule has 1 atom stereocenters. The minimum Gasteiger partial charge on any atom is -0.436 e. The normalized spacial score (nSPS) is 14.2. The van der Waals surface area contributed by atoms with E-state index >= 15 is 0 Å². The minimum absolute atomic E-state index is 0.232. The summed E-state index contributed by atoms with van der Waals surface area (Å²) in [7, 11) is 0. The predicted molar refractivity (Wildman–Crippen MR) is 182 cm³/mol. The van der Waals surface area contributed by atoms with Crippen LogP contribution in [0.5, 0.6) is 0 Å². The smallest absolute Gasteiger partial charge is 0.227 e. The number of rotatable bonds is 4. The molecule has 3 heterocycles. The van der Waals surface area contributed by atoms with Crippen LogP contribution < -0.4 is 5.32 Å². The molecular weight excluding hydrogens is 559 g/mol. The molecule has 44 heavy (non-hydrogen) atoms.